The van der Waals surface area contributed by atoms with Gasteiger partial charge in [0.25, 0.3) is 0 Å². The summed E-state index contributed by atoms with van der Waals surface area (Å²) >= 11 is 0. The Hall–Kier alpha value is -3.92. The van der Waals surface area contributed by atoms with E-state index in [-0.39, 0.29) is 11.8 Å². The van der Waals surface area contributed by atoms with Crippen LogP contribution in [0, 0.1) is 24.7 Å². The number of hydrogen-bond acceptors (Lipinski definition) is 6. The van der Waals surface area contributed by atoms with Gasteiger partial charge in [0.1, 0.15) is 17.2 Å². The monoisotopic (exact) mass is 399 g/mol. The van der Waals surface area contributed by atoms with Crippen LogP contribution in [0.2, 0.25) is 0 Å². The summed E-state index contributed by atoms with van der Waals surface area (Å²) in [5.74, 6) is 7.51. The lowest BCUT2D eigenvalue weighted by Crippen LogP contribution is -2.23. The second kappa shape index (κ2) is 8.21. The molecular formula is C23H21N5O2. The summed E-state index contributed by atoms with van der Waals surface area (Å²) in [6.45, 7) is 5.54. The molecule has 0 atom stereocenters. The van der Waals surface area contributed by atoms with E-state index in [0.717, 1.165) is 40.9 Å². The van der Waals surface area contributed by atoms with Gasteiger partial charge in [0, 0.05) is 30.3 Å². The van der Waals surface area contributed by atoms with Crippen LogP contribution in [0.15, 0.2) is 46.0 Å². The predicted molar refractivity (Wildman–Crippen MR) is 117 cm³/mol. The SMILES string of the molecule is C=N/C(=C\c1c(C#Cc2ccc3ocnc3c2)cnc(NC)c1C)NC(=O)C1CC1. The number of fused-ring (bicyclic) bond motifs is 1. The van der Waals surface area contributed by atoms with Crippen LogP contribution in [0.4, 0.5) is 5.82 Å². The van der Waals surface area contributed by atoms with Crippen LogP contribution in [0.1, 0.15) is 35.1 Å². The molecule has 1 amide bonds. The molecular weight excluding hydrogens is 378 g/mol. The van der Waals surface area contributed by atoms with E-state index in [0.29, 0.717) is 17.0 Å². The van der Waals surface area contributed by atoms with Gasteiger partial charge in [0.05, 0.1) is 5.56 Å². The Labute approximate surface area is 174 Å². The zero-order valence-corrected chi connectivity index (χ0v) is 16.8. The third kappa shape index (κ3) is 4.08. The van der Waals surface area contributed by atoms with Gasteiger partial charge in [-0.15, -0.1) is 0 Å². The second-order valence-corrected chi connectivity index (χ2v) is 7.05. The van der Waals surface area contributed by atoms with E-state index >= 15 is 0 Å². The molecule has 0 bridgehead atoms. The van der Waals surface area contributed by atoms with Crippen molar-refractivity contribution >= 4 is 35.6 Å². The maximum Gasteiger partial charge on any atom is 0.228 e. The van der Waals surface area contributed by atoms with E-state index in [9.17, 15) is 4.79 Å². The number of amides is 1. The highest BCUT2D eigenvalue weighted by Crippen LogP contribution is 2.29. The fourth-order valence-corrected chi connectivity index (χ4v) is 3.07. The van der Waals surface area contributed by atoms with Gasteiger partial charge in [0.2, 0.25) is 5.91 Å². The predicted octanol–water partition coefficient (Wildman–Crippen LogP) is 3.50. The Kier molecular flexibility index (Phi) is 5.31. The van der Waals surface area contributed by atoms with Crippen LogP contribution in [-0.4, -0.2) is 29.6 Å². The molecule has 3 aromatic rings. The standard InChI is InChI=1S/C23H21N5O2/c1-14-18(11-21(24-2)28-23(29)16-7-8-16)17(12-26-22(14)25-3)6-4-15-5-9-20-19(10-15)27-13-30-20/h5,9-13,16H,2,7-8H2,1,3H3,(H,25,26)(H,28,29)/b21-11+. The molecule has 1 aromatic carbocycles. The van der Waals surface area contributed by atoms with Crippen molar-refractivity contribution in [3.63, 3.8) is 0 Å². The van der Waals surface area contributed by atoms with Crippen LogP contribution >= 0.6 is 0 Å². The average Bonchev–Trinajstić information content (AvgIpc) is 3.51. The van der Waals surface area contributed by atoms with Crippen molar-refractivity contribution in [2.24, 2.45) is 10.9 Å². The Morgan fingerprint density at radius 3 is 2.90 bits per heavy atom. The van der Waals surface area contributed by atoms with Crippen molar-refractivity contribution in [1.82, 2.24) is 15.3 Å². The van der Waals surface area contributed by atoms with E-state index in [1.807, 2.05) is 32.2 Å². The smallest absolute Gasteiger partial charge is 0.228 e. The van der Waals surface area contributed by atoms with Gasteiger partial charge in [-0.2, -0.15) is 0 Å². The molecule has 30 heavy (non-hydrogen) atoms. The summed E-state index contributed by atoms with van der Waals surface area (Å²) in [5.41, 5.74) is 4.72. The van der Waals surface area contributed by atoms with Gasteiger partial charge in [-0.05, 0) is 56.3 Å². The maximum absolute atomic E-state index is 12.1. The van der Waals surface area contributed by atoms with E-state index < -0.39 is 0 Å². The highest BCUT2D eigenvalue weighted by molar-refractivity contribution is 5.84. The molecule has 1 aliphatic carbocycles. The molecule has 7 heteroatoms. The van der Waals surface area contributed by atoms with Crippen molar-refractivity contribution in [3.05, 3.63) is 58.9 Å². The Morgan fingerprint density at radius 2 is 2.17 bits per heavy atom. The summed E-state index contributed by atoms with van der Waals surface area (Å²) in [6, 6.07) is 5.59. The number of nitrogens with zero attached hydrogens (tertiary/aromatic N) is 3. The van der Waals surface area contributed by atoms with Gasteiger partial charge in [-0.3, -0.25) is 4.79 Å². The van der Waals surface area contributed by atoms with Crippen molar-refractivity contribution in [2.75, 3.05) is 12.4 Å². The number of aliphatic imine (C=N–C) groups is 1. The number of pyridine rings is 1. The molecule has 0 radical (unpaired) electrons. The minimum absolute atomic E-state index is 0.0252. The van der Waals surface area contributed by atoms with E-state index in [1.165, 1.54) is 6.39 Å². The lowest BCUT2D eigenvalue weighted by molar-refractivity contribution is -0.121. The largest absolute Gasteiger partial charge is 0.443 e. The molecule has 0 saturated heterocycles. The lowest BCUT2D eigenvalue weighted by Gasteiger charge is -2.11. The minimum atomic E-state index is -0.0252. The van der Waals surface area contributed by atoms with Crippen LogP contribution in [0.3, 0.4) is 0 Å². The third-order valence-electron chi connectivity index (χ3n) is 4.93. The maximum atomic E-state index is 12.1. The molecule has 1 saturated carbocycles. The minimum Gasteiger partial charge on any atom is -0.443 e. The molecule has 0 spiro atoms. The van der Waals surface area contributed by atoms with Gasteiger partial charge in [-0.1, -0.05) is 11.8 Å². The number of carbonyl (C=O) groups is 1. The fourth-order valence-electron chi connectivity index (χ4n) is 3.07. The Morgan fingerprint density at radius 1 is 1.33 bits per heavy atom. The Balaban J connectivity index is 1.72. The molecule has 0 unspecified atom stereocenters. The first-order valence-corrected chi connectivity index (χ1v) is 9.61. The van der Waals surface area contributed by atoms with Crippen molar-refractivity contribution in [3.8, 4) is 11.8 Å². The number of carbonyl (C=O) groups excluding carboxylic acids is 1. The summed E-state index contributed by atoms with van der Waals surface area (Å²) in [7, 11) is 1.81. The first-order valence-electron chi connectivity index (χ1n) is 9.61. The molecule has 7 nitrogen and oxygen atoms in total. The molecule has 2 N–H and O–H groups in total. The van der Waals surface area contributed by atoms with Crippen LogP contribution < -0.4 is 10.6 Å². The van der Waals surface area contributed by atoms with Crippen molar-refractivity contribution in [2.45, 2.75) is 19.8 Å². The molecule has 0 aliphatic heterocycles. The van der Waals surface area contributed by atoms with Crippen LogP contribution in [0.25, 0.3) is 17.2 Å². The number of aromatic nitrogens is 2. The molecule has 1 fully saturated rings. The van der Waals surface area contributed by atoms with Crippen LogP contribution in [0.5, 0.6) is 0 Å². The van der Waals surface area contributed by atoms with Crippen molar-refractivity contribution < 1.29 is 9.21 Å². The number of nitrogens with one attached hydrogen (secondary N) is 2. The van der Waals surface area contributed by atoms with Gasteiger partial charge in [0.15, 0.2) is 12.0 Å². The highest BCUT2D eigenvalue weighted by atomic mass is 16.3. The number of hydrogen-bond donors (Lipinski definition) is 2. The Bertz CT molecular complexity index is 1230. The van der Waals surface area contributed by atoms with Crippen molar-refractivity contribution in [1.29, 1.82) is 0 Å². The quantitative estimate of drug-likeness (QED) is 0.506. The molecule has 4 rings (SSSR count). The summed E-state index contributed by atoms with van der Waals surface area (Å²) < 4.78 is 5.27. The normalized spacial score (nSPS) is 13.5. The van der Waals surface area contributed by atoms with Gasteiger partial charge >= 0.3 is 0 Å². The molecule has 150 valence electrons. The zero-order chi connectivity index (χ0) is 21.1. The number of benzene rings is 1. The number of oxazole rings is 1. The third-order valence-corrected chi connectivity index (χ3v) is 4.93. The first kappa shape index (κ1) is 19.4. The number of anilines is 1. The second-order valence-electron chi connectivity index (χ2n) is 7.05. The molecule has 1 aliphatic rings. The van der Waals surface area contributed by atoms with E-state index in [2.05, 4.69) is 44.2 Å². The van der Waals surface area contributed by atoms with Gasteiger partial charge in [-0.25, -0.2) is 15.0 Å². The summed E-state index contributed by atoms with van der Waals surface area (Å²) in [4.78, 5) is 24.7. The van der Waals surface area contributed by atoms with E-state index in [4.69, 9.17) is 4.42 Å². The number of rotatable bonds is 5. The zero-order valence-electron chi connectivity index (χ0n) is 16.8. The summed E-state index contributed by atoms with van der Waals surface area (Å²) in [5, 5.41) is 5.92. The lowest BCUT2D eigenvalue weighted by atomic mass is 10.0. The van der Waals surface area contributed by atoms with E-state index in [1.54, 1.807) is 12.3 Å². The highest BCUT2D eigenvalue weighted by Gasteiger charge is 2.29. The fraction of sp³-hybridized carbons (Fsp3) is 0.217. The topological polar surface area (TPSA) is 92.4 Å². The molecule has 2 heterocycles. The average molecular weight is 399 g/mol. The molecule has 2 aromatic heterocycles. The summed E-state index contributed by atoms with van der Waals surface area (Å²) in [6.07, 6.45) is 6.74. The van der Waals surface area contributed by atoms with Gasteiger partial charge < -0.3 is 15.1 Å². The first-order chi connectivity index (χ1) is 14.6. The van der Waals surface area contributed by atoms with Crippen LogP contribution in [-0.2, 0) is 4.79 Å².